The Morgan fingerprint density at radius 2 is 1.88 bits per heavy atom. The Hall–Kier alpha value is -3.30. The summed E-state index contributed by atoms with van der Waals surface area (Å²) in [7, 11) is 2.07. The van der Waals surface area contributed by atoms with Crippen molar-refractivity contribution in [2.24, 2.45) is 0 Å². The lowest BCUT2D eigenvalue weighted by atomic mass is 10.0. The first kappa shape index (κ1) is 21.5. The monoisotopic (exact) mass is 448 g/mol. The number of nitrogens with zero attached hydrogens (tertiary/aromatic N) is 6. The van der Waals surface area contributed by atoms with Gasteiger partial charge in [0.25, 0.3) is 5.91 Å². The zero-order valence-corrected chi connectivity index (χ0v) is 18.8. The van der Waals surface area contributed by atoms with Crippen molar-refractivity contribution in [1.29, 1.82) is 0 Å². The van der Waals surface area contributed by atoms with Crippen molar-refractivity contribution in [2.45, 2.75) is 12.6 Å². The number of pyridine rings is 1. The summed E-state index contributed by atoms with van der Waals surface area (Å²) in [4.78, 5) is 37.0. The molecule has 3 aromatic rings. The number of hydrogen-bond donors (Lipinski definition) is 0. The molecule has 0 N–H and O–H groups in total. The number of morpholine rings is 1. The lowest BCUT2D eigenvalue weighted by Gasteiger charge is -2.34. The molecule has 4 heterocycles. The molecule has 0 spiro atoms. The van der Waals surface area contributed by atoms with Gasteiger partial charge in [0.05, 0.1) is 29.9 Å². The van der Waals surface area contributed by atoms with Crippen molar-refractivity contribution < 1.29 is 14.3 Å². The van der Waals surface area contributed by atoms with E-state index in [1.807, 2.05) is 35.2 Å². The molecule has 0 radical (unpaired) electrons. The lowest BCUT2D eigenvalue weighted by Crippen LogP contribution is -2.47. The molecule has 2 amide bonds. The molecular formula is C24H28N6O3. The molecule has 172 valence electrons. The van der Waals surface area contributed by atoms with Crippen molar-refractivity contribution in [3.05, 3.63) is 60.0 Å². The van der Waals surface area contributed by atoms with Crippen molar-refractivity contribution in [3.8, 4) is 0 Å². The molecule has 9 heteroatoms. The summed E-state index contributed by atoms with van der Waals surface area (Å²) in [5, 5.41) is 4.96. The van der Waals surface area contributed by atoms with Crippen molar-refractivity contribution in [3.63, 3.8) is 0 Å². The Bertz CT molecular complexity index is 1140. The van der Waals surface area contributed by atoms with E-state index in [1.165, 1.54) is 0 Å². The normalized spacial score (nSPS) is 19.7. The fourth-order valence-corrected chi connectivity index (χ4v) is 4.40. The van der Waals surface area contributed by atoms with Crippen LogP contribution in [0.3, 0.4) is 0 Å². The SMILES string of the molecule is CN1CCN(C(=O)c2cc([C@H]3CN(C(=O)Cn4cccn4)CCO3)nc3ccccc23)CC1. The van der Waals surface area contributed by atoms with E-state index in [0.717, 1.165) is 24.0 Å². The molecule has 0 aliphatic carbocycles. The predicted octanol–water partition coefficient (Wildman–Crippen LogP) is 1.42. The molecule has 0 unspecified atom stereocenters. The number of amides is 2. The first-order valence-electron chi connectivity index (χ1n) is 11.3. The highest BCUT2D eigenvalue weighted by molar-refractivity contribution is 6.06. The lowest BCUT2D eigenvalue weighted by molar-refractivity contribution is -0.140. The number of piperazine rings is 1. The molecule has 2 aromatic heterocycles. The van der Waals surface area contributed by atoms with Crippen LogP contribution in [-0.2, 0) is 16.1 Å². The third-order valence-corrected chi connectivity index (χ3v) is 6.36. The number of rotatable bonds is 4. The van der Waals surface area contributed by atoms with E-state index in [1.54, 1.807) is 28.0 Å². The van der Waals surface area contributed by atoms with Gasteiger partial charge in [0.15, 0.2) is 0 Å². The first-order valence-corrected chi connectivity index (χ1v) is 11.3. The summed E-state index contributed by atoms with van der Waals surface area (Å²) in [5.74, 6) is 0.00639. The number of fused-ring (bicyclic) bond motifs is 1. The highest BCUT2D eigenvalue weighted by Crippen LogP contribution is 2.27. The van der Waals surface area contributed by atoms with Gasteiger partial charge in [-0.1, -0.05) is 18.2 Å². The summed E-state index contributed by atoms with van der Waals surface area (Å²) >= 11 is 0. The molecule has 1 aromatic carbocycles. The minimum absolute atomic E-state index is 0.0125. The van der Waals surface area contributed by atoms with Gasteiger partial charge in [-0.25, -0.2) is 4.98 Å². The molecule has 0 bridgehead atoms. The number of carbonyl (C=O) groups excluding carboxylic acids is 2. The van der Waals surface area contributed by atoms with E-state index in [9.17, 15) is 9.59 Å². The van der Waals surface area contributed by atoms with Gasteiger partial charge in [-0.15, -0.1) is 0 Å². The van der Waals surface area contributed by atoms with E-state index in [2.05, 4.69) is 17.0 Å². The van der Waals surface area contributed by atoms with Crippen molar-refractivity contribution >= 4 is 22.7 Å². The minimum Gasteiger partial charge on any atom is -0.368 e. The zero-order valence-electron chi connectivity index (χ0n) is 18.8. The maximum atomic E-state index is 13.5. The number of carbonyl (C=O) groups is 2. The van der Waals surface area contributed by atoms with Gasteiger partial charge in [0, 0.05) is 50.5 Å². The van der Waals surface area contributed by atoms with Crippen LogP contribution in [0, 0.1) is 0 Å². The van der Waals surface area contributed by atoms with Crippen LogP contribution in [0.1, 0.15) is 22.2 Å². The maximum absolute atomic E-state index is 13.5. The highest BCUT2D eigenvalue weighted by Gasteiger charge is 2.29. The molecule has 1 atom stereocenters. The summed E-state index contributed by atoms with van der Waals surface area (Å²) in [5.41, 5.74) is 2.09. The number of ether oxygens (including phenoxy) is 1. The van der Waals surface area contributed by atoms with Gasteiger partial charge in [-0.3, -0.25) is 14.3 Å². The summed E-state index contributed by atoms with van der Waals surface area (Å²) < 4.78 is 7.63. The zero-order chi connectivity index (χ0) is 22.8. The molecule has 0 saturated carbocycles. The third kappa shape index (κ3) is 4.60. The average molecular weight is 449 g/mol. The number of likely N-dealkylation sites (N-methyl/N-ethyl adjacent to an activating group) is 1. The Morgan fingerprint density at radius 3 is 2.67 bits per heavy atom. The van der Waals surface area contributed by atoms with Gasteiger partial charge in [-0.05, 0) is 25.2 Å². The van der Waals surface area contributed by atoms with E-state index >= 15 is 0 Å². The van der Waals surface area contributed by atoms with Gasteiger partial charge in [0.1, 0.15) is 12.6 Å². The largest absolute Gasteiger partial charge is 0.368 e. The van der Waals surface area contributed by atoms with Gasteiger partial charge in [0.2, 0.25) is 5.91 Å². The molecular weight excluding hydrogens is 420 g/mol. The average Bonchev–Trinajstić information content (AvgIpc) is 3.36. The number of hydrogen-bond acceptors (Lipinski definition) is 6. The Kier molecular flexibility index (Phi) is 6.06. The highest BCUT2D eigenvalue weighted by atomic mass is 16.5. The van der Waals surface area contributed by atoms with Crippen LogP contribution in [0.4, 0.5) is 0 Å². The van der Waals surface area contributed by atoms with Crippen molar-refractivity contribution in [1.82, 2.24) is 29.5 Å². The first-order chi connectivity index (χ1) is 16.1. The Balaban J connectivity index is 1.41. The van der Waals surface area contributed by atoms with E-state index in [0.29, 0.717) is 44.0 Å². The van der Waals surface area contributed by atoms with E-state index < -0.39 is 0 Å². The molecule has 9 nitrogen and oxygen atoms in total. The number of benzene rings is 1. The van der Waals surface area contributed by atoms with Crippen LogP contribution in [0.25, 0.3) is 10.9 Å². The second kappa shape index (κ2) is 9.29. The van der Waals surface area contributed by atoms with Crippen LogP contribution in [0.5, 0.6) is 0 Å². The van der Waals surface area contributed by atoms with Crippen LogP contribution in [0.2, 0.25) is 0 Å². The summed E-state index contributed by atoms with van der Waals surface area (Å²) in [6.07, 6.45) is 3.05. The molecule has 2 aliphatic heterocycles. The summed E-state index contributed by atoms with van der Waals surface area (Å²) in [6, 6.07) is 11.4. The number of aromatic nitrogens is 3. The van der Waals surface area contributed by atoms with Crippen LogP contribution < -0.4 is 0 Å². The van der Waals surface area contributed by atoms with Crippen LogP contribution in [0.15, 0.2) is 48.8 Å². The molecule has 33 heavy (non-hydrogen) atoms. The van der Waals surface area contributed by atoms with Gasteiger partial charge >= 0.3 is 0 Å². The predicted molar refractivity (Wildman–Crippen MR) is 123 cm³/mol. The smallest absolute Gasteiger partial charge is 0.254 e. The fraction of sp³-hybridized carbons (Fsp3) is 0.417. The second-order valence-electron chi connectivity index (χ2n) is 8.61. The Morgan fingerprint density at radius 1 is 1.06 bits per heavy atom. The minimum atomic E-state index is -0.385. The quantitative estimate of drug-likeness (QED) is 0.600. The molecule has 2 saturated heterocycles. The Labute approximate surface area is 192 Å². The van der Waals surface area contributed by atoms with E-state index in [4.69, 9.17) is 9.72 Å². The van der Waals surface area contributed by atoms with E-state index in [-0.39, 0.29) is 24.5 Å². The molecule has 5 rings (SSSR count). The van der Waals surface area contributed by atoms with Gasteiger partial charge < -0.3 is 19.4 Å². The maximum Gasteiger partial charge on any atom is 0.254 e. The van der Waals surface area contributed by atoms with Crippen LogP contribution in [-0.4, -0.2) is 94.2 Å². The molecule has 2 aliphatic rings. The molecule has 2 fully saturated rings. The number of para-hydroxylation sites is 1. The third-order valence-electron chi connectivity index (χ3n) is 6.36. The van der Waals surface area contributed by atoms with Crippen LogP contribution >= 0.6 is 0 Å². The standard InChI is InChI=1S/C24H28N6O3/c1-27-9-11-28(12-10-27)24(32)19-15-21(26-20-6-3-2-5-18(19)20)22-16-29(13-14-33-22)23(31)17-30-8-4-7-25-30/h2-8,15,22H,9-14,16-17H2,1H3/t22-/m1/s1. The van der Waals surface area contributed by atoms with Gasteiger partial charge in [-0.2, -0.15) is 5.10 Å². The van der Waals surface area contributed by atoms with Crippen molar-refractivity contribution in [2.75, 3.05) is 52.9 Å². The topological polar surface area (TPSA) is 83.8 Å². The second-order valence-corrected chi connectivity index (χ2v) is 8.61. The summed E-state index contributed by atoms with van der Waals surface area (Å²) in [6.45, 7) is 4.67. The fourth-order valence-electron chi connectivity index (χ4n) is 4.40.